The number of hydrogen-bond donors (Lipinski definition) is 0. The smallest absolute Gasteiger partial charge is 0.342 e. The van der Waals surface area contributed by atoms with E-state index in [-0.39, 0.29) is 24.1 Å². The van der Waals surface area contributed by atoms with Crippen LogP contribution < -0.4 is 0 Å². The van der Waals surface area contributed by atoms with Crippen LogP contribution in [0.1, 0.15) is 33.2 Å². The Morgan fingerprint density at radius 1 is 1.15 bits per heavy atom. The van der Waals surface area contributed by atoms with Crippen molar-refractivity contribution in [3.63, 3.8) is 0 Å². The highest BCUT2D eigenvalue weighted by Crippen LogP contribution is 2.23. The Bertz CT molecular complexity index is 1330. The van der Waals surface area contributed by atoms with Crippen molar-refractivity contribution >= 4 is 23.3 Å². The maximum atomic E-state index is 12.7. The standard InChI is InChI=1S/C22H18ClN5O5/c1-13-20(14(2)27(26-13)11-16-5-3-4-6-18(16)23)22(29)32-12-19-24-25-21(33-19)15-7-9-17(10-8-15)28(30)31/h3-10H,11-12H2,1-2H3. The van der Waals surface area contributed by atoms with Crippen LogP contribution in [0.3, 0.4) is 0 Å². The maximum absolute atomic E-state index is 12.7. The Balaban J connectivity index is 1.44. The lowest BCUT2D eigenvalue weighted by Gasteiger charge is -2.07. The maximum Gasteiger partial charge on any atom is 0.342 e. The van der Waals surface area contributed by atoms with Crippen LogP contribution in [0.4, 0.5) is 5.69 Å². The molecule has 0 bridgehead atoms. The van der Waals surface area contributed by atoms with Crippen LogP contribution in [0.25, 0.3) is 11.5 Å². The molecule has 0 atom stereocenters. The molecule has 0 amide bonds. The Hall–Kier alpha value is -4.05. The number of nitro groups is 1. The van der Waals surface area contributed by atoms with E-state index in [0.29, 0.717) is 34.1 Å². The Morgan fingerprint density at radius 2 is 1.88 bits per heavy atom. The van der Waals surface area contributed by atoms with E-state index in [9.17, 15) is 14.9 Å². The monoisotopic (exact) mass is 467 g/mol. The fourth-order valence-corrected chi connectivity index (χ4v) is 3.48. The summed E-state index contributed by atoms with van der Waals surface area (Å²) in [5, 5.41) is 23.6. The molecule has 0 radical (unpaired) electrons. The number of rotatable bonds is 7. The number of nitro benzene ring substituents is 1. The van der Waals surface area contributed by atoms with E-state index in [0.717, 1.165) is 5.56 Å². The fourth-order valence-electron chi connectivity index (χ4n) is 3.29. The highest BCUT2D eigenvalue weighted by atomic mass is 35.5. The first-order valence-electron chi connectivity index (χ1n) is 9.85. The molecule has 4 rings (SSSR count). The van der Waals surface area contributed by atoms with E-state index >= 15 is 0 Å². The normalized spacial score (nSPS) is 10.9. The van der Waals surface area contributed by atoms with E-state index in [1.165, 1.54) is 24.3 Å². The van der Waals surface area contributed by atoms with Crippen molar-refractivity contribution in [1.29, 1.82) is 0 Å². The summed E-state index contributed by atoms with van der Waals surface area (Å²) in [6.45, 7) is 3.70. The quantitative estimate of drug-likeness (QED) is 0.220. The summed E-state index contributed by atoms with van der Waals surface area (Å²) in [6.07, 6.45) is 0. The average molecular weight is 468 g/mol. The second-order valence-electron chi connectivity index (χ2n) is 7.18. The number of aryl methyl sites for hydroxylation is 1. The zero-order valence-electron chi connectivity index (χ0n) is 17.7. The summed E-state index contributed by atoms with van der Waals surface area (Å²) in [4.78, 5) is 23.0. The zero-order chi connectivity index (χ0) is 23.5. The molecule has 2 aromatic heterocycles. The van der Waals surface area contributed by atoms with Gasteiger partial charge in [-0.1, -0.05) is 29.8 Å². The second-order valence-corrected chi connectivity index (χ2v) is 7.58. The minimum absolute atomic E-state index is 0.0479. The average Bonchev–Trinajstić information content (AvgIpc) is 3.38. The Morgan fingerprint density at radius 3 is 2.58 bits per heavy atom. The van der Waals surface area contributed by atoms with Crippen LogP contribution in [0.5, 0.6) is 0 Å². The van der Waals surface area contributed by atoms with Crippen LogP contribution in [0.2, 0.25) is 5.02 Å². The van der Waals surface area contributed by atoms with Gasteiger partial charge in [0.2, 0.25) is 5.89 Å². The number of aromatic nitrogens is 4. The molecule has 0 N–H and O–H groups in total. The summed E-state index contributed by atoms with van der Waals surface area (Å²) in [6, 6.07) is 13.1. The van der Waals surface area contributed by atoms with Crippen LogP contribution >= 0.6 is 11.6 Å². The molecule has 33 heavy (non-hydrogen) atoms. The number of carbonyl (C=O) groups is 1. The van der Waals surface area contributed by atoms with Crippen LogP contribution in [-0.4, -0.2) is 30.9 Å². The van der Waals surface area contributed by atoms with Gasteiger partial charge in [0.1, 0.15) is 5.56 Å². The number of carbonyl (C=O) groups excluding carboxylic acids is 1. The molecule has 0 saturated heterocycles. The fraction of sp³-hybridized carbons (Fsp3) is 0.182. The van der Waals surface area contributed by atoms with Gasteiger partial charge < -0.3 is 9.15 Å². The molecule has 168 valence electrons. The molecule has 0 aliphatic rings. The lowest BCUT2D eigenvalue weighted by atomic mass is 10.2. The first kappa shape index (κ1) is 22.2. The molecule has 0 spiro atoms. The number of esters is 1. The largest absolute Gasteiger partial charge is 0.452 e. The summed E-state index contributed by atoms with van der Waals surface area (Å²) in [7, 11) is 0. The van der Waals surface area contributed by atoms with Gasteiger partial charge in [-0.25, -0.2) is 4.79 Å². The molecule has 0 fully saturated rings. The number of benzene rings is 2. The molecule has 0 aliphatic heterocycles. The van der Waals surface area contributed by atoms with Crippen molar-refractivity contribution in [3.8, 4) is 11.5 Å². The van der Waals surface area contributed by atoms with Crippen molar-refractivity contribution in [2.75, 3.05) is 0 Å². The van der Waals surface area contributed by atoms with Crippen LogP contribution in [0.15, 0.2) is 52.9 Å². The highest BCUT2D eigenvalue weighted by molar-refractivity contribution is 6.31. The van der Waals surface area contributed by atoms with E-state index in [1.54, 1.807) is 24.6 Å². The molecule has 2 heterocycles. The summed E-state index contributed by atoms with van der Waals surface area (Å²) in [5.41, 5.74) is 2.88. The second kappa shape index (κ2) is 9.21. The molecule has 11 heteroatoms. The van der Waals surface area contributed by atoms with E-state index in [1.807, 2.05) is 18.2 Å². The molecule has 4 aromatic rings. The zero-order valence-corrected chi connectivity index (χ0v) is 18.4. The lowest BCUT2D eigenvalue weighted by Crippen LogP contribution is -2.09. The minimum atomic E-state index is -0.564. The van der Waals surface area contributed by atoms with E-state index in [4.69, 9.17) is 20.8 Å². The molecular formula is C22H18ClN5O5. The van der Waals surface area contributed by atoms with Crippen molar-refractivity contribution in [3.05, 3.63) is 92.1 Å². The van der Waals surface area contributed by atoms with Gasteiger partial charge in [-0.2, -0.15) is 5.10 Å². The summed E-state index contributed by atoms with van der Waals surface area (Å²) >= 11 is 6.24. The molecule has 2 aromatic carbocycles. The van der Waals surface area contributed by atoms with Gasteiger partial charge in [0, 0.05) is 22.7 Å². The molecule has 0 aliphatic carbocycles. The number of ether oxygens (including phenoxy) is 1. The van der Waals surface area contributed by atoms with Crippen molar-refractivity contribution in [2.45, 2.75) is 27.0 Å². The molecule has 0 saturated carbocycles. The van der Waals surface area contributed by atoms with Crippen molar-refractivity contribution in [1.82, 2.24) is 20.0 Å². The summed E-state index contributed by atoms with van der Waals surface area (Å²) < 4.78 is 12.6. The lowest BCUT2D eigenvalue weighted by molar-refractivity contribution is -0.384. The third-order valence-electron chi connectivity index (χ3n) is 4.98. The summed E-state index contributed by atoms with van der Waals surface area (Å²) in [5.74, 6) is -0.308. The van der Waals surface area contributed by atoms with Gasteiger partial charge in [-0.15, -0.1) is 10.2 Å². The molecule has 0 unspecified atom stereocenters. The topological polar surface area (TPSA) is 126 Å². The third kappa shape index (κ3) is 4.75. The molecule has 10 nitrogen and oxygen atoms in total. The minimum Gasteiger partial charge on any atom is -0.452 e. The van der Waals surface area contributed by atoms with Gasteiger partial charge in [0.05, 0.1) is 22.9 Å². The first-order chi connectivity index (χ1) is 15.8. The van der Waals surface area contributed by atoms with E-state index < -0.39 is 10.9 Å². The van der Waals surface area contributed by atoms with Gasteiger partial charge in [0.15, 0.2) is 6.61 Å². The Labute approximate surface area is 192 Å². The van der Waals surface area contributed by atoms with Crippen LogP contribution in [0, 0.1) is 24.0 Å². The first-order valence-corrected chi connectivity index (χ1v) is 10.2. The van der Waals surface area contributed by atoms with Crippen molar-refractivity contribution in [2.24, 2.45) is 0 Å². The SMILES string of the molecule is Cc1nn(Cc2ccccc2Cl)c(C)c1C(=O)OCc1nnc(-c2ccc([N+](=O)[O-])cc2)o1. The van der Waals surface area contributed by atoms with Gasteiger partial charge >= 0.3 is 5.97 Å². The molecular weight excluding hydrogens is 450 g/mol. The van der Waals surface area contributed by atoms with Crippen molar-refractivity contribution < 1.29 is 18.9 Å². The van der Waals surface area contributed by atoms with Gasteiger partial charge in [-0.05, 0) is 37.6 Å². The highest BCUT2D eigenvalue weighted by Gasteiger charge is 2.21. The third-order valence-corrected chi connectivity index (χ3v) is 5.35. The van der Waals surface area contributed by atoms with Gasteiger partial charge in [-0.3, -0.25) is 14.8 Å². The van der Waals surface area contributed by atoms with Gasteiger partial charge in [0.25, 0.3) is 11.6 Å². The predicted octanol–water partition coefficient (Wildman–Crippen LogP) is 4.52. The number of non-ortho nitro benzene ring substituents is 1. The van der Waals surface area contributed by atoms with Crippen LogP contribution in [-0.2, 0) is 17.9 Å². The number of halogens is 1. The number of hydrogen-bond acceptors (Lipinski definition) is 8. The van der Waals surface area contributed by atoms with E-state index in [2.05, 4.69) is 15.3 Å². The Kier molecular flexibility index (Phi) is 6.18. The predicted molar refractivity (Wildman–Crippen MR) is 118 cm³/mol. The number of nitrogens with zero attached hydrogens (tertiary/aromatic N) is 5.